The van der Waals surface area contributed by atoms with Gasteiger partial charge in [0.15, 0.2) is 0 Å². The molecule has 0 amide bonds. The number of aromatic nitrogens is 1. The molecule has 0 aliphatic heterocycles. The maximum Gasteiger partial charge on any atom is 0.0997 e. The van der Waals surface area contributed by atoms with E-state index in [4.69, 9.17) is 5.73 Å². The Hall–Kier alpha value is -1.42. The van der Waals surface area contributed by atoms with Gasteiger partial charge < -0.3 is 5.73 Å². The highest BCUT2D eigenvalue weighted by Gasteiger charge is 2.02. The topological polar surface area (TPSA) is 51.3 Å². The molecule has 0 saturated heterocycles. The second kappa shape index (κ2) is 5.27. The smallest absolute Gasteiger partial charge is 0.0997 e. The quantitative estimate of drug-likeness (QED) is 0.691. The average Bonchev–Trinajstić information content (AvgIpc) is 2.29. The maximum absolute atomic E-state index is 5.85. The van der Waals surface area contributed by atoms with Gasteiger partial charge in [0.2, 0.25) is 0 Å². The lowest BCUT2D eigenvalue weighted by molar-refractivity contribution is 0.983. The molecule has 4 heteroatoms. The summed E-state index contributed by atoms with van der Waals surface area (Å²) in [6, 6.07) is 7.94. The summed E-state index contributed by atoms with van der Waals surface area (Å²) in [5.41, 5.74) is 7.57. The van der Waals surface area contributed by atoms with Crippen molar-refractivity contribution < 1.29 is 0 Å². The zero-order valence-corrected chi connectivity index (χ0v) is 11.2. The molecule has 0 atom stereocenters. The van der Waals surface area contributed by atoms with Crippen molar-refractivity contribution in [2.24, 2.45) is 10.7 Å². The summed E-state index contributed by atoms with van der Waals surface area (Å²) in [7, 11) is 0. The summed E-state index contributed by atoms with van der Waals surface area (Å²) in [5, 5.41) is 1.06. The van der Waals surface area contributed by atoms with Crippen LogP contribution >= 0.6 is 15.9 Å². The Kier molecular flexibility index (Phi) is 3.74. The van der Waals surface area contributed by atoms with Crippen LogP contribution in [0.4, 0.5) is 5.69 Å². The van der Waals surface area contributed by atoms with Crippen LogP contribution < -0.4 is 5.73 Å². The lowest BCUT2D eigenvalue weighted by atomic mass is 10.2. The van der Waals surface area contributed by atoms with E-state index in [1.807, 2.05) is 24.3 Å². The zero-order valence-electron chi connectivity index (χ0n) is 9.65. The number of rotatable bonds is 3. The summed E-state index contributed by atoms with van der Waals surface area (Å²) in [5.74, 6) is 0.657. The number of hydrogen-bond acceptors (Lipinski definition) is 2. The molecule has 0 unspecified atom stereocenters. The highest BCUT2D eigenvalue weighted by Crippen LogP contribution is 2.26. The van der Waals surface area contributed by atoms with Gasteiger partial charge in [0.25, 0.3) is 0 Å². The van der Waals surface area contributed by atoms with Gasteiger partial charge >= 0.3 is 0 Å². The number of nitrogens with zero attached hydrogens (tertiary/aromatic N) is 2. The third-order valence-electron chi connectivity index (χ3n) is 2.43. The van der Waals surface area contributed by atoms with Gasteiger partial charge in [0, 0.05) is 22.5 Å². The standard InChI is InChI=1S/C13H14BrN3/c1-2-4-12(15)17-11-6-3-5-9-7-10(14)8-16-13(9)11/h3,5-8H,2,4H2,1H3,(H2,15,17). The van der Waals surface area contributed by atoms with E-state index in [1.165, 1.54) is 0 Å². The van der Waals surface area contributed by atoms with Crippen LogP contribution in [-0.2, 0) is 0 Å². The molecule has 0 spiro atoms. The summed E-state index contributed by atoms with van der Waals surface area (Å²) in [6.45, 7) is 2.08. The predicted molar refractivity (Wildman–Crippen MR) is 75.6 cm³/mol. The Morgan fingerprint density at radius 1 is 1.47 bits per heavy atom. The molecule has 0 aliphatic rings. The summed E-state index contributed by atoms with van der Waals surface area (Å²) >= 11 is 3.41. The van der Waals surface area contributed by atoms with Crippen molar-refractivity contribution in [1.82, 2.24) is 4.98 Å². The number of pyridine rings is 1. The molecule has 88 valence electrons. The number of nitrogens with two attached hydrogens (primary N) is 1. The fourth-order valence-corrected chi connectivity index (χ4v) is 2.02. The summed E-state index contributed by atoms with van der Waals surface area (Å²) in [6.07, 6.45) is 3.59. The van der Waals surface area contributed by atoms with Crippen molar-refractivity contribution >= 4 is 38.4 Å². The van der Waals surface area contributed by atoms with Crippen LogP contribution in [-0.4, -0.2) is 10.8 Å². The van der Waals surface area contributed by atoms with E-state index in [-0.39, 0.29) is 0 Å². The second-order valence-electron chi connectivity index (χ2n) is 3.86. The SMILES string of the molecule is CCCC(N)=Nc1cccc2cc(Br)cnc12. The van der Waals surface area contributed by atoms with Gasteiger partial charge in [-0.1, -0.05) is 19.1 Å². The van der Waals surface area contributed by atoms with Crippen LogP contribution in [0.5, 0.6) is 0 Å². The lowest BCUT2D eigenvalue weighted by Crippen LogP contribution is -2.09. The molecule has 2 rings (SSSR count). The fourth-order valence-electron chi connectivity index (χ4n) is 1.67. The largest absolute Gasteiger partial charge is 0.387 e. The number of fused-ring (bicyclic) bond motifs is 1. The third kappa shape index (κ3) is 2.82. The maximum atomic E-state index is 5.85. The van der Waals surface area contributed by atoms with Gasteiger partial charge in [0.1, 0.15) is 0 Å². The fraction of sp³-hybridized carbons (Fsp3) is 0.231. The van der Waals surface area contributed by atoms with Crippen LogP contribution in [0.3, 0.4) is 0 Å². The Morgan fingerprint density at radius 3 is 3.06 bits per heavy atom. The van der Waals surface area contributed by atoms with Crippen molar-refractivity contribution in [1.29, 1.82) is 0 Å². The molecule has 1 aromatic heterocycles. The minimum absolute atomic E-state index is 0.657. The van der Waals surface area contributed by atoms with Crippen LogP contribution in [0.2, 0.25) is 0 Å². The number of halogens is 1. The molecule has 0 saturated carbocycles. The van der Waals surface area contributed by atoms with E-state index in [1.54, 1.807) is 6.20 Å². The molecule has 17 heavy (non-hydrogen) atoms. The van der Waals surface area contributed by atoms with Gasteiger partial charge in [-0.3, -0.25) is 4.98 Å². The molecule has 0 radical (unpaired) electrons. The minimum atomic E-state index is 0.657. The Bertz CT molecular complexity index is 564. The number of para-hydroxylation sites is 1. The second-order valence-corrected chi connectivity index (χ2v) is 4.77. The number of hydrogen-bond donors (Lipinski definition) is 1. The van der Waals surface area contributed by atoms with Crippen LogP contribution in [0.1, 0.15) is 19.8 Å². The summed E-state index contributed by atoms with van der Waals surface area (Å²) in [4.78, 5) is 8.81. The molecular formula is C13H14BrN3. The third-order valence-corrected chi connectivity index (χ3v) is 2.86. The normalized spacial score (nSPS) is 12.0. The van der Waals surface area contributed by atoms with Gasteiger partial charge in [-0.2, -0.15) is 0 Å². The lowest BCUT2D eigenvalue weighted by Gasteiger charge is -2.03. The number of aliphatic imine (C=N–C) groups is 1. The van der Waals surface area contributed by atoms with E-state index in [2.05, 4.69) is 32.8 Å². The Labute approximate surface area is 109 Å². The van der Waals surface area contributed by atoms with Crippen LogP contribution in [0, 0.1) is 0 Å². The first kappa shape index (κ1) is 12.0. The van der Waals surface area contributed by atoms with Crippen molar-refractivity contribution in [3.63, 3.8) is 0 Å². The molecule has 3 nitrogen and oxygen atoms in total. The van der Waals surface area contributed by atoms with Gasteiger partial charge in [-0.05, 0) is 34.5 Å². The van der Waals surface area contributed by atoms with E-state index in [0.717, 1.165) is 33.9 Å². The van der Waals surface area contributed by atoms with E-state index in [0.29, 0.717) is 5.84 Å². The van der Waals surface area contributed by atoms with E-state index in [9.17, 15) is 0 Å². The molecule has 2 N–H and O–H groups in total. The van der Waals surface area contributed by atoms with Crippen molar-refractivity contribution in [2.45, 2.75) is 19.8 Å². The first-order valence-corrected chi connectivity index (χ1v) is 6.37. The molecule has 0 bridgehead atoms. The number of benzene rings is 1. The molecule has 1 aromatic carbocycles. The minimum Gasteiger partial charge on any atom is -0.387 e. The van der Waals surface area contributed by atoms with Crippen LogP contribution in [0.25, 0.3) is 10.9 Å². The first-order valence-electron chi connectivity index (χ1n) is 5.58. The van der Waals surface area contributed by atoms with Crippen molar-refractivity contribution in [3.8, 4) is 0 Å². The molecular weight excluding hydrogens is 278 g/mol. The Balaban J connectivity index is 2.51. The van der Waals surface area contributed by atoms with Crippen LogP contribution in [0.15, 0.2) is 39.9 Å². The monoisotopic (exact) mass is 291 g/mol. The van der Waals surface area contributed by atoms with E-state index >= 15 is 0 Å². The van der Waals surface area contributed by atoms with Gasteiger partial charge in [-0.25, -0.2) is 4.99 Å². The van der Waals surface area contributed by atoms with E-state index < -0.39 is 0 Å². The molecule has 1 heterocycles. The molecule has 0 fully saturated rings. The molecule has 2 aromatic rings. The first-order chi connectivity index (χ1) is 8.20. The molecule has 0 aliphatic carbocycles. The van der Waals surface area contributed by atoms with Gasteiger partial charge in [0.05, 0.1) is 17.0 Å². The Morgan fingerprint density at radius 2 is 2.29 bits per heavy atom. The van der Waals surface area contributed by atoms with Gasteiger partial charge in [-0.15, -0.1) is 0 Å². The average molecular weight is 292 g/mol. The number of amidine groups is 1. The predicted octanol–water partition coefficient (Wildman–Crippen LogP) is 3.79. The summed E-state index contributed by atoms with van der Waals surface area (Å²) < 4.78 is 0.965. The zero-order chi connectivity index (χ0) is 12.3. The van der Waals surface area contributed by atoms with Crippen molar-refractivity contribution in [3.05, 3.63) is 34.9 Å². The highest BCUT2D eigenvalue weighted by molar-refractivity contribution is 9.10. The highest BCUT2D eigenvalue weighted by atomic mass is 79.9. The van der Waals surface area contributed by atoms with Crippen molar-refractivity contribution in [2.75, 3.05) is 0 Å².